The van der Waals surface area contributed by atoms with E-state index in [1.807, 2.05) is 19.0 Å². The Hall–Kier alpha value is -1.85. The molecule has 10 nitrogen and oxygen atoms in total. The number of nitrogens with zero attached hydrogens (tertiary/aromatic N) is 5. The zero-order chi connectivity index (χ0) is 19.3. The Kier molecular flexibility index (Phi) is 4.55. The minimum atomic E-state index is -1.00. The van der Waals surface area contributed by atoms with Gasteiger partial charge in [-0.15, -0.1) is 0 Å². The number of anilines is 1. The number of aliphatic hydroxyl groups is 3. The summed E-state index contributed by atoms with van der Waals surface area (Å²) in [4.78, 5) is 14.9. The van der Waals surface area contributed by atoms with Crippen LogP contribution in [0.25, 0.3) is 11.2 Å². The zero-order valence-electron chi connectivity index (χ0n) is 15.4. The highest BCUT2D eigenvalue weighted by Crippen LogP contribution is 2.50. The molecule has 0 bridgehead atoms. The first kappa shape index (κ1) is 18.5. The lowest BCUT2D eigenvalue weighted by molar-refractivity contribution is -0.0868. The second kappa shape index (κ2) is 6.64. The topological polar surface area (TPSA) is 143 Å². The van der Waals surface area contributed by atoms with Gasteiger partial charge in [0, 0.05) is 45.2 Å². The maximum absolute atomic E-state index is 11.2. The van der Waals surface area contributed by atoms with Crippen LogP contribution in [0.1, 0.15) is 12.5 Å². The van der Waals surface area contributed by atoms with E-state index < -0.39 is 23.8 Å². The molecule has 0 radical (unpaired) electrons. The summed E-state index contributed by atoms with van der Waals surface area (Å²) in [5, 5.41) is 30.8. The molecule has 3 heterocycles. The summed E-state index contributed by atoms with van der Waals surface area (Å²) in [7, 11) is 3.74. The molecular weight excluding hydrogens is 352 g/mol. The molecule has 2 aliphatic rings. The third-order valence-electron chi connectivity index (χ3n) is 6.08. The molecule has 1 aliphatic carbocycles. The maximum Gasteiger partial charge on any atom is 0.165 e. The van der Waals surface area contributed by atoms with Crippen molar-refractivity contribution in [3.63, 3.8) is 0 Å². The minimum absolute atomic E-state index is 0.0997. The van der Waals surface area contributed by atoms with Crippen molar-refractivity contribution in [2.24, 2.45) is 17.6 Å². The van der Waals surface area contributed by atoms with Crippen LogP contribution in [0.3, 0.4) is 0 Å². The van der Waals surface area contributed by atoms with Gasteiger partial charge in [0.05, 0.1) is 19.0 Å². The molecule has 148 valence electrons. The van der Waals surface area contributed by atoms with Crippen LogP contribution in [0.5, 0.6) is 0 Å². The van der Waals surface area contributed by atoms with Gasteiger partial charge in [-0.1, -0.05) is 0 Å². The Labute approximate surface area is 156 Å². The highest BCUT2D eigenvalue weighted by molar-refractivity contribution is 5.83. The quantitative estimate of drug-likeness (QED) is 0.500. The summed E-state index contributed by atoms with van der Waals surface area (Å²) >= 11 is 0. The largest absolute Gasteiger partial charge is 0.396 e. The number of ether oxygens (including phenoxy) is 1. The molecule has 0 aromatic carbocycles. The van der Waals surface area contributed by atoms with Crippen molar-refractivity contribution in [1.29, 1.82) is 0 Å². The highest BCUT2D eigenvalue weighted by Gasteiger charge is 2.62. The molecule has 1 spiro atoms. The van der Waals surface area contributed by atoms with Gasteiger partial charge in [-0.05, 0) is 6.42 Å². The molecule has 2 aromatic rings. The van der Waals surface area contributed by atoms with E-state index >= 15 is 0 Å². The van der Waals surface area contributed by atoms with Gasteiger partial charge in [0.2, 0.25) is 0 Å². The summed E-state index contributed by atoms with van der Waals surface area (Å²) < 4.78 is 7.73. The monoisotopic (exact) mass is 378 g/mol. The normalized spacial score (nSPS) is 36.1. The van der Waals surface area contributed by atoms with Crippen LogP contribution >= 0.6 is 0 Å². The Morgan fingerprint density at radius 2 is 2.00 bits per heavy atom. The Balaban J connectivity index is 1.78. The number of hydrogen-bond acceptors (Lipinski definition) is 9. The molecule has 5 N–H and O–H groups in total. The second-order valence-corrected chi connectivity index (χ2v) is 7.73. The first-order chi connectivity index (χ1) is 12.9. The third kappa shape index (κ3) is 2.55. The maximum atomic E-state index is 11.2. The van der Waals surface area contributed by atoms with Crippen LogP contribution in [0.15, 0.2) is 12.7 Å². The van der Waals surface area contributed by atoms with E-state index in [4.69, 9.17) is 10.5 Å². The zero-order valence-corrected chi connectivity index (χ0v) is 15.4. The van der Waals surface area contributed by atoms with E-state index in [9.17, 15) is 15.3 Å². The van der Waals surface area contributed by atoms with Gasteiger partial charge in [0.1, 0.15) is 18.0 Å². The first-order valence-electron chi connectivity index (χ1n) is 9.08. The summed E-state index contributed by atoms with van der Waals surface area (Å²) in [5.74, 6) is 0.161. The fourth-order valence-corrected chi connectivity index (χ4v) is 4.64. The fourth-order valence-electron chi connectivity index (χ4n) is 4.64. The number of hydrogen-bond donors (Lipinski definition) is 4. The van der Waals surface area contributed by atoms with E-state index in [-0.39, 0.29) is 31.7 Å². The molecule has 1 saturated heterocycles. The molecule has 0 amide bonds. The number of aromatic nitrogens is 4. The summed E-state index contributed by atoms with van der Waals surface area (Å²) in [6.45, 7) is 0.0589. The molecule has 27 heavy (non-hydrogen) atoms. The summed E-state index contributed by atoms with van der Waals surface area (Å²) in [5.41, 5.74) is 6.55. The van der Waals surface area contributed by atoms with E-state index in [0.29, 0.717) is 23.4 Å². The van der Waals surface area contributed by atoms with E-state index in [2.05, 4.69) is 15.0 Å². The van der Waals surface area contributed by atoms with Crippen LogP contribution in [0.4, 0.5) is 5.82 Å². The molecular formula is C17H26N6O4. The number of aliphatic hydroxyl groups excluding tert-OH is 3. The molecule has 4 rings (SSSR count). The third-order valence-corrected chi connectivity index (χ3v) is 6.08. The van der Waals surface area contributed by atoms with E-state index in [1.54, 1.807) is 10.9 Å². The highest BCUT2D eigenvalue weighted by atomic mass is 16.5. The lowest BCUT2D eigenvalue weighted by Gasteiger charge is -2.34. The Morgan fingerprint density at radius 3 is 2.63 bits per heavy atom. The standard InChI is InChI=1S/C17H26N6O4/c1-22(2)15-11-16(20-7-19-15)23(8-21-11)12-9(4-24)3-17(14(12)26)13(18)10(5-25)6-27-17/h7-10,12-14,24-26H,3-6,18H2,1-2H3/t9-,10+,12+,13+,14-,17+/m1/s1. The van der Waals surface area contributed by atoms with Crippen LogP contribution in [0, 0.1) is 11.8 Å². The lowest BCUT2D eigenvalue weighted by Crippen LogP contribution is -2.54. The van der Waals surface area contributed by atoms with Crippen LogP contribution in [0.2, 0.25) is 0 Å². The second-order valence-electron chi connectivity index (χ2n) is 7.73. The predicted molar refractivity (Wildman–Crippen MR) is 97.1 cm³/mol. The van der Waals surface area contributed by atoms with Gasteiger partial charge >= 0.3 is 0 Å². The van der Waals surface area contributed by atoms with Gasteiger partial charge in [0.15, 0.2) is 17.0 Å². The number of imidazole rings is 1. The number of rotatable bonds is 4. The van der Waals surface area contributed by atoms with Crippen molar-refractivity contribution in [2.45, 2.75) is 30.2 Å². The van der Waals surface area contributed by atoms with Gasteiger partial charge in [-0.2, -0.15) is 0 Å². The van der Waals surface area contributed by atoms with Crippen molar-refractivity contribution >= 4 is 17.0 Å². The average Bonchev–Trinajstić information content (AvgIpc) is 3.30. The molecule has 2 aromatic heterocycles. The van der Waals surface area contributed by atoms with Gasteiger partial charge in [-0.3, -0.25) is 0 Å². The van der Waals surface area contributed by atoms with E-state index in [0.717, 1.165) is 0 Å². The minimum Gasteiger partial charge on any atom is -0.396 e. The SMILES string of the molecule is CN(C)c1ncnc2c1ncn2[C@H]1[C@@H](CO)C[C@@]2(OC[C@H](CO)[C@@H]2N)[C@@H]1O. The molecule has 0 unspecified atom stereocenters. The smallest absolute Gasteiger partial charge is 0.165 e. The van der Waals surface area contributed by atoms with Crippen LogP contribution in [-0.2, 0) is 4.74 Å². The summed E-state index contributed by atoms with van der Waals surface area (Å²) in [6, 6.07) is -1.01. The molecule has 10 heteroatoms. The van der Waals surface area contributed by atoms with Crippen LogP contribution in [-0.4, -0.2) is 86.5 Å². The van der Waals surface area contributed by atoms with Crippen LogP contribution < -0.4 is 10.6 Å². The van der Waals surface area contributed by atoms with Crippen molar-refractivity contribution in [2.75, 3.05) is 38.8 Å². The Bertz CT molecular complexity index is 829. The molecule has 1 aliphatic heterocycles. The van der Waals surface area contributed by atoms with Crippen molar-refractivity contribution in [3.8, 4) is 0 Å². The van der Waals surface area contributed by atoms with E-state index in [1.165, 1.54) is 6.33 Å². The predicted octanol–water partition coefficient (Wildman–Crippen LogP) is -1.49. The average molecular weight is 378 g/mol. The van der Waals surface area contributed by atoms with Crippen molar-refractivity contribution in [3.05, 3.63) is 12.7 Å². The molecule has 2 fully saturated rings. The molecule has 1 saturated carbocycles. The number of nitrogens with two attached hydrogens (primary N) is 1. The summed E-state index contributed by atoms with van der Waals surface area (Å²) in [6.07, 6.45) is 2.52. The van der Waals surface area contributed by atoms with Gasteiger partial charge in [0.25, 0.3) is 0 Å². The molecule has 6 atom stereocenters. The number of fused-ring (bicyclic) bond motifs is 1. The first-order valence-corrected chi connectivity index (χ1v) is 9.08. The van der Waals surface area contributed by atoms with Crippen molar-refractivity contribution in [1.82, 2.24) is 19.5 Å². The van der Waals surface area contributed by atoms with Gasteiger partial charge in [-0.25, -0.2) is 15.0 Å². The Morgan fingerprint density at radius 1 is 1.26 bits per heavy atom. The van der Waals surface area contributed by atoms with Gasteiger partial charge < -0.3 is 35.3 Å². The van der Waals surface area contributed by atoms with Crippen molar-refractivity contribution < 1.29 is 20.1 Å². The lowest BCUT2D eigenvalue weighted by atomic mass is 9.85. The fraction of sp³-hybridized carbons (Fsp3) is 0.706.